The summed E-state index contributed by atoms with van der Waals surface area (Å²) in [5, 5.41) is 0. The lowest BCUT2D eigenvalue weighted by molar-refractivity contribution is -0.159. The molecule has 0 aliphatic carbocycles. The van der Waals surface area contributed by atoms with Crippen molar-refractivity contribution in [3.8, 4) is 0 Å². The minimum Gasteiger partial charge on any atom is -0.463 e. The number of hydrogen-bond donors (Lipinski definition) is 0. The average Bonchev–Trinajstić information content (AvgIpc) is 2.54. The third kappa shape index (κ3) is 5.86. The van der Waals surface area contributed by atoms with Crippen molar-refractivity contribution in [3.63, 3.8) is 0 Å². The minimum atomic E-state index is -3.65. The van der Waals surface area contributed by atoms with Crippen LogP contribution in [-0.4, -0.2) is 44.6 Å². The van der Waals surface area contributed by atoms with E-state index in [0.29, 0.717) is 10.8 Å². The Hall–Kier alpha value is -1.84. The van der Waals surface area contributed by atoms with Gasteiger partial charge < -0.3 is 14.2 Å². The SMILES string of the molecule is CC(=O)OC[C@H]1OC(SS(=O)(=O)c2ccc(C)cc2)C=C[C@@H]1OC(C)=O. The molecule has 0 saturated carbocycles. The maximum absolute atomic E-state index is 12.5. The van der Waals surface area contributed by atoms with Gasteiger partial charge in [-0.25, -0.2) is 8.42 Å². The first-order chi connectivity index (χ1) is 12.2. The summed E-state index contributed by atoms with van der Waals surface area (Å²) >= 11 is 0. The van der Waals surface area contributed by atoms with Crippen LogP contribution in [0.2, 0.25) is 0 Å². The Morgan fingerprint density at radius 1 is 1.12 bits per heavy atom. The molecule has 2 rings (SSSR count). The molecule has 0 aromatic heterocycles. The smallest absolute Gasteiger partial charge is 0.303 e. The van der Waals surface area contributed by atoms with Gasteiger partial charge in [-0.15, -0.1) is 0 Å². The zero-order chi connectivity index (χ0) is 19.3. The number of carbonyl (C=O) groups is 2. The lowest BCUT2D eigenvalue weighted by Gasteiger charge is -2.30. The van der Waals surface area contributed by atoms with Gasteiger partial charge in [-0.1, -0.05) is 17.7 Å². The van der Waals surface area contributed by atoms with Gasteiger partial charge in [0.2, 0.25) is 8.87 Å². The topological polar surface area (TPSA) is 96.0 Å². The number of hydrogen-bond acceptors (Lipinski definition) is 8. The van der Waals surface area contributed by atoms with Gasteiger partial charge in [-0.2, -0.15) is 0 Å². The highest BCUT2D eigenvalue weighted by atomic mass is 33.1. The van der Waals surface area contributed by atoms with Crippen LogP contribution in [0, 0.1) is 6.92 Å². The Morgan fingerprint density at radius 2 is 1.77 bits per heavy atom. The van der Waals surface area contributed by atoms with Gasteiger partial charge >= 0.3 is 11.9 Å². The molecule has 3 atom stereocenters. The van der Waals surface area contributed by atoms with Crippen molar-refractivity contribution in [2.24, 2.45) is 0 Å². The predicted octanol–water partition coefficient (Wildman–Crippen LogP) is 2.19. The Labute approximate surface area is 156 Å². The Kier molecular flexibility index (Phi) is 6.85. The number of rotatable bonds is 6. The van der Waals surface area contributed by atoms with Gasteiger partial charge in [-0.3, -0.25) is 9.59 Å². The largest absolute Gasteiger partial charge is 0.463 e. The first-order valence-corrected chi connectivity index (χ1v) is 10.7. The van der Waals surface area contributed by atoms with E-state index >= 15 is 0 Å². The molecule has 0 saturated heterocycles. The summed E-state index contributed by atoms with van der Waals surface area (Å²) in [6.07, 6.45) is 1.50. The molecule has 0 fully saturated rings. The van der Waals surface area contributed by atoms with E-state index in [4.69, 9.17) is 14.2 Å². The summed E-state index contributed by atoms with van der Waals surface area (Å²) < 4.78 is 40.8. The van der Waals surface area contributed by atoms with Crippen molar-refractivity contribution in [1.82, 2.24) is 0 Å². The molecule has 1 aliphatic heterocycles. The molecule has 0 radical (unpaired) electrons. The monoisotopic (exact) mass is 400 g/mol. The van der Waals surface area contributed by atoms with E-state index in [9.17, 15) is 18.0 Å². The number of ether oxygens (including phenoxy) is 3. The molecule has 7 nitrogen and oxygen atoms in total. The number of carbonyl (C=O) groups excluding carboxylic acids is 2. The Morgan fingerprint density at radius 3 is 2.35 bits per heavy atom. The summed E-state index contributed by atoms with van der Waals surface area (Å²) in [5.74, 6) is -1.03. The van der Waals surface area contributed by atoms with E-state index in [0.717, 1.165) is 5.56 Å². The van der Waals surface area contributed by atoms with E-state index in [1.807, 2.05) is 6.92 Å². The van der Waals surface area contributed by atoms with Crippen LogP contribution in [0.3, 0.4) is 0 Å². The summed E-state index contributed by atoms with van der Waals surface area (Å²) in [4.78, 5) is 22.4. The van der Waals surface area contributed by atoms with Crippen LogP contribution in [-0.2, 0) is 32.7 Å². The fourth-order valence-electron chi connectivity index (χ4n) is 2.20. The zero-order valence-electron chi connectivity index (χ0n) is 14.6. The van der Waals surface area contributed by atoms with E-state index in [2.05, 4.69) is 0 Å². The summed E-state index contributed by atoms with van der Waals surface area (Å²) in [5.41, 5.74) is 0.127. The number of esters is 2. The van der Waals surface area contributed by atoms with Crippen molar-refractivity contribution in [1.29, 1.82) is 0 Å². The molecular weight excluding hydrogens is 380 g/mol. The van der Waals surface area contributed by atoms with E-state index in [1.165, 1.54) is 32.1 Å². The summed E-state index contributed by atoms with van der Waals surface area (Å²) in [6, 6.07) is 6.49. The molecule has 1 unspecified atom stereocenters. The maximum atomic E-state index is 12.5. The molecule has 1 aromatic carbocycles. The van der Waals surface area contributed by atoms with Crippen LogP contribution in [0.25, 0.3) is 0 Å². The lowest BCUT2D eigenvalue weighted by atomic mass is 10.1. The molecule has 0 amide bonds. The highest BCUT2D eigenvalue weighted by Crippen LogP contribution is 2.32. The Balaban J connectivity index is 2.12. The summed E-state index contributed by atoms with van der Waals surface area (Å²) in [6.45, 7) is 4.21. The first-order valence-electron chi connectivity index (χ1n) is 7.82. The fraction of sp³-hybridized carbons (Fsp3) is 0.412. The van der Waals surface area contributed by atoms with Gasteiger partial charge in [0.05, 0.1) is 4.90 Å². The van der Waals surface area contributed by atoms with Crippen molar-refractivity contribution < 1.29 is 32.2 Å². The molecule has 0 bridgehead atoms. The molecule has 1 aliphatic rings. The third-order valence-corrected chi connectivity index (χ3v) is 6.88. The second-order valence-electron chi connectivity index (χ2n) is 5.67. The van der Waals surface area contributed by atoms with Crippen LogP contribution in [0.4, 0.5) is 0 Å². The quantitative estimate of drug-likeness (QED) is 0.407. The van der Waals surface area contributed by atoms with Crippen LogP contribution < -0.4 is 0 Å². The fourth-order valence-corrected chi connectivity index (χ4v) is 5.12. The predicted molar refractivity (Wildman–Crippen MR) is 95.9 cm³/mol. The van der Waals surface area contributed by atoms with Gasteiger partial charge in [0.1, 0.15) is 24.3 Å². The van der Waals surface area contributed by atoms with E-state index < -0.39 is 38.5 Å². The van der Waals surface area contributed by atoms with Gasteiger partial charge in [0.15, 0.2) is 0 Å². The summed E-state index contributed by atoms with van der Waals surface area (Å²) in [7, 11) is -3.02. The third-order valence-electron chi connectivity index (χ3n) is 3.42. The molecule has 1 heterocycles. The van der Waals surface area contributed by atoms with Crippen molar-refractivity contribution in [3.05, 3.63) is 42.0 Å². The normalized spacial score (nSPS) is 22.7. The minimum absolute atomic E-state index is 0.154. The van der Waals surface area contributed by atoms with Gasteiger partial charge in [-0.05, 0) is 31.2 Å². The Bertz CT molecular complexity index is 784. The van der Waals surface area contributed by atoms with Crippen molar-refractivity contribution in [2.45, 2.75) is 43.3 Å². The first kappa shape index (κ1) is 20.5. The van der Waals surface area contributed by atoms with E-state index in [-0.39, 0.29) is 11.5 Å². The van der Waals surface area contributed by atoms with E-state index in [1.54, 1.807) is 18.2 Å². The molecule has 9 heteroatoms. The van der Waals surface area contributed by atoms with Crippen LogP contribution in [0.5, 0.6) is 0 Å². The molecule has 142 valence electrons. The maximum Gasteiger partial charge on any atom is 0.303 e. The second-order valence-corrected chi connectivity index (χ2v) is 9.60. The molecule has 1 aromatic rings. The highest BCUT2D eigenvalue weighted by molar-refractivity contribution is 8.72. The molecule has 0 spiro atoms. The standard InChI is InChI=1S/C17H20O7S2/c1-11-4-6-14(7-5-11)26(20,21)25-17-9-8-15(23-13(3)19)16(24-17)10-22-12(2)18/h4-9,15-17H,10H2,1-3H3/t15-,16+,17?/m0/s1. The molecule has 26 heavy (non-hydrogen) atoms. The van der Waals surface area contributed by atoms with Crippen LogP contribution >= 0.6 is 10.8 Å². The van der Waals surface area contributed by atoms with Gasteiger partial charge in [0, 0.05) is 24.6 Å². The van der Waals surface area contributed by atoms with Crippen molar-refractivity contribution in [2.75, 3.05) is 6.61 Å². The highest BCUT2D eigenvalue weighted by Gasteiger charge is 2.33. The van der Waals surface area contributed by atoms with Crippen LogP contribution in [0.1, 0.15) is 19.4 Å². The molecule has 0 N–H and O–H groups in total. The van der Waals surface area contributed by atoms with Crippen LogP contribution in [0.15, 0.2) is 41.3 Å². The average molecular weight is 400 g/mol. The zero-order valence-corrected chi connectivity index (χ0v) is 16.2. The number of benzene rings is 1. The van der Waals surface area contributed by atoms with Crippen molar-refractivity contribution >= 4 is 31.6 Å². The van der Waals surface area contributed by atoms with Gasteiger partial charge in [0.25, 0.3) is 0 Å². The number of aryl methyl sites for hydroxylation is 1. The molecular formula is C17H20O7S2. The second kappa shape index (κ2) is 8.70. The lowest BCUT2D eigenvalue weighted by Crippen LogP contribution is -2.40.